The second-order valence-electron chi connectivity index (χ2n) is 3.96. The van der Waals surface area contributed by atoms with E-state index in [0.29, 0.717) is 19.5 Å². The molecule has 0 bridgehead atoms. The van der Waals surface area contributed by atoms with Crippen LogP contribution in [0.2, 0.25) is 0 Å². The van der Waals surface area contributed by atoms with Crippen LogP contribution in [0.5, 0.6) is 0 Å². The van der Waals surface area contributed by atoms with Gasteiger partial charge >= 0.3 is 0 Å². The normalized spacial score (nSPS) is 12.2. The lowest BCUT2D eigenvalue weighted by Crippen LogP contribution is -2.40. The fraction of sp³-hybridized carbons (Fsp3) is 0.700. The quantitative estimate of drug-likeness (QED) is 0.521. The van der Waals surface area contributed by atoms with Gasteiger partial charge in [0.15, 0.2) is 0 Å². The monoisotopic (exact) mass is 275 g/mol. The summed E-state index contributed by atoms with van der Waals surface area (Å²) in [6, 6.07) is 0. The average molecular weight is 275 g/mol. The van der Waals surface area contributed by atoms with Crippen molar-refractivity contribution in [1.29, 1.82) is 0 Å². The van der Waals surface area contributed by atoms with Crippen molar-refractivity contribution in [3.63, 3.8) is 0 Å². The highest BCUT2D eigenvalue weighted by Gasteiger charge is 2.16. The molecule has 8 heteroatoms. The van der Waals surface area contributed by atoms with Crippen LogP contribution in [0.4, 0.5) is 0 Å². The molecule has 18 heavy (non-hydrogen) atoms. The van der Waals surface area contributed by atoms with Crippen molar-refractivity contribution in [1.82, 2.24) is 24.3 Å². The van der Waals surface area contributed by atoms with Crippen molar-refractivity contribution < 1.29 is 8.42 Å². The lowest BCUT2D eigenvalue weighted by atomic mass is 10.4. The molecule has 0 radical (unpaired) electrons. The van der Waals surface area contributed by atoms with Crippen molar-refractivity contribution in [3.05, 3.63) is 18.2 Å². The molecule has 0 aliphatic heterocycles. The molecule has 0 spiro atoms. The van der Waals surface area contributed by atoms with Gasteiger partial charge in [-0.25, -0.2) is 9.71 Å². The lowest BCUT2D eigenvalue weighted by molar-refractivity contribution is 0.448. The van der Waals surface area contributed by atoms with E-state index in [0.717, 1.165) is 18.8 Å². The molecule has 0 saturated heterocycles. The topological polar surface area (TPSA) is 90.1 Å². The smallest absolute Gasteiger partial charge is 0.279 e. The number of nitrogens with one attached hydrogen (secondary N) is 3. The summed E-state index contributed by atoms with van der Waals surface area (Å²) in [6.45, 7) is 1.63. The maximum atomic E-state index is 11.8. The van der Waals surface area contributed by atoms with Gasteiger partial charge < -0.3 is 10.3 Å². The summed E-state index contributed by atoms with van der Waals surface area (Å²) in [5.41, 5.74) is 0. The summed E-state index contributed by atoms with van der Waals surface area (Å²) in [4.78, 5) is 6.96. The molecule has 0 amide bonds. The Kier molecular flexibility index (Phi) is 6.27. The zero-order valence-corrected chi connectivity index (χ0v) is 11.6. The van der Waals surface area contributed by atoms with E-state index in [4.69, 9.17) is 0 Å². The lowest BCUT2D eigenvalue weighted by Gasteiger charge is -2.17. The van der Waals surface area contributed by atoms with Crippen LogP contribution in [0.3, 0.4) is 0 Å². The Morgan fingerprint density at radius 3 is 2.83 bits per heavy atom. The molecule has 0 atom stereocenters. The van der Waals surface area contributed by atoms with Crippen LogP contribution in [0, 0.1) is 0 Å². The zero-order valence-electron chi connectivity index (χ0n) is 10.8. The van der Waals surface area contributed by atoms with Crippen LogP contribution in [0.25, 0.3) is 0 Å². The third-order valence-corrected chi connectivity index (χ3v) is 4.08. The van der Waals surface area contributed by atoms with Gasteiger partial charge in [0.05, 0.1) is 0 Å². The molecule has 7 nitrogen and oxygen atoms in total. The van der Waals surface area contributed by atoms with Gasteiger partial charge in [0, 0.05) is 39.0 Å². The minimum absolute atomic E-state index is 0.339. The van der Waals surface area contributed by atoms with E-state index in [-0.39, 0.29) is 0 Å². The third kappa shape index (κ3) is 5.13. The predicted octanol–water partition coefficient (Wildman–Crippen LogP) is -0.672. The maximum Gasteiger partial charge on any atom is 0.279 e. The number of hydrogen-bond acceptors (Lipinski definition) is 4. The standard InChI is InChI=1S/C10H21N5O2S/c1-11-5-3-9-15(2)18(16,17)14-6-4-10-12-7-8-13-10/h7-8,11,14H,3-6,9H2,1-2H3,(H,12,13). The summed E-state index contributed by atoms with van der Waals surface area (Å²) >= 11 is 0. The molecular formula is C10H21N5O2S. The van der Waals surface area contributed by atoms with Gasteiger partial charge in [-0.15, -0.1) is 0 Å². The number of aromatic amines is 1. The highest BCUT2D eigenvalue weighted by Crippen LogP contribution is 1.96. The first-order chi connectivity index (χ1) is 8.56. The number of nitrogens with zero attached hydrogens (tertiary/aromatic N) is 2. The van der Waals surface area contributed by atoms with Gasteiger partial charge in [-0.3, -0.25) is 0 Å². The van der Waals surface area contributed by atoms with E-state index in [2.05, 4.69) is 20.0 Å². The first-order valence-corrected chi connectivity index (χ1v) is 7.34. The largest absolute Gasteiger partial charge is 0.349 e. The summed E-state index contributed by atoms with van der Waals surface area (Å²) in [5, 5.41) is 2.98. The van der Waals surface area contributed by atoms with Crippen LogP contribution in [-0.4, -0.2) is 56.4 Å². The molecule has 0 aliphatic carbocycles. The second-order valence-corrected chi connectivity index (χ2v) is 5.83. The predicted molar refractivity (Wildman–Crippen MR) is 70.4 cm³/mol. The van der Waals surface area contributed by atoms with E-state index >= 15 is 0 Å². The molecule has 1 aromatic heterocycles. The molecule has 0 fully saturated rings. The van der Waals surface area contributed by atoms with Gasteiger partial charge in [0.2, 0.25) is 0 Å². The Morgan fingerprint density at radius 2 is 2.22 bits per heavy atom. The van der Waals surface area contributed by atoms with Crippen molar-refractivity contribution in [2.24, 2.45) is 0 Å². The van der Waals surface area contributed by atoms with Crippen molar-refractivity contribution in [2.45, 2.75) is 12.8 Å². The fourth-order valence-corrected chi connectivity index (χ4v) is 2.39. The number of H-pyrrole nitrogens is 1. The van der Waals surface area contributed by atoms with E-state index in [1.807, 2.05) is 7.05 Å². The Morgan fingerprint density at radius 1 is 1.44 bits per heavy atom. The number of aromatic nitrogens is 2. The first kappa shape index (κ1) is 15.1. The maximum absolute atomic E-state index is 11.8. The van der Waals surface area contributed by atoms with Crippen LogP contribution in [-0.2, 0) is 16.6 Å². The van der Waals surface area contributed by atoms with Crippen molar-refractivity contribution in [2.75, 3.05) is 33.7 Å². The summed E-state index contributed by atoms with van der Waals surface area (Å²) in [6.07, 6.45) is 4.70. The van der Waals surface area contributed by atoms with Crippen LogP contribution in [0.15, 0.2) is 12.4 Å². The van der Waals surface area contributed by atoms with Crippen LogP contribution >= 0.6 is 0 Å². The molecule has 0 aliphatic rings. The van der Waals surface area contributed by atoms with Gasteiger partial charge in [0.25, 0.3) is 10.2 Å². The van der Waals surface area contributed by atoms with E-state index in [1.54, 1.807) is 19.4 Å². The van der Waals surface area contributed by atoms with Gasteiger partial charge in [0.1, 0.15) is 5.82 Å². The SMILES string of the molecule is CNCCCN(C)S(=O)(=O)NCCc1ncc[nH]1. The molecular weight excluding hydrogens is 254 g/mol. The molecule has 1 aromatic rings. The number of imidazole rings is 1. The summed E-state index contributed by atoms with van der Waals surface area (Å²) in [7, 11) is 0.0376. The van der Waals surface area contributed by atoms with Crippen LogP contribution < -0.4 is 10.0 Å². The third-order valence-electron chi connectivity index (χ3n) is 2.51. The highest BCUT2D eigenvalue weighted by molar-refractivity contribution is 7.87. The average Bonchev–Trinajstić information content (AvgIpc) is 2.82. The van der Waals surface area contributed by atoms with Gasteiger partial charge in [-0.05, 0) is 20.0 Å². The highest BCUT2D eigenvalue weighted by atomic mass is 32.2. The van der Waals surface area contributed by atoms with Gasteiger partial charge in [-0.1, -0.05) is 0 Å². The molecule has 3 N–H and O–H groups in total. The van der Waals surface area contributed by atoms with Crippen molar-refractivity contribution in [3.8, 4) is 0 Å². The van der Waals surface area contributed by atoms with Crippen LogP contribution in [0.1, 0.15) is 12.2 Å². The van der Waals surface area contributed by atoms with Gasteiger partial charge in [-0.2, -0.15) is 12.7 Å². The van der Waals surface area contributed by atoms with E-state index < -0.39 is 10.2 Å². The number of hydrogen-bond donors (Lipinski definition) is 3. The number of rotatable bonds is 9. The van der Waals surface area contributed by atoms with E-state index in [9.17, 15) is 8.42 Å². The Bertz CT molecular complexity index is 417. The molecule has 1 heterocycles. The molecule has 104 valence electrons. The summed E-state index contributed by atoms with van der Waals surface area (Å²) < 4.78 is 27.5. The van der Waals surface area contributed by atoms with E-state index in [1.165, 1.54) is 4.31 Å². The Hall–Kier alpha value is -0.960. The Labute approximate surface area is 108 Å². The minimum Gasteiger partial charge on any atom is -0.349 e. The first-order valence-electron chi connectivity index (χ1n) is 5.90. The molecule has 0 aromatic carbocycles. The molecule has 1 rings (SSSR count). The molecule has 0 saturated carbocycles. The fourth-order valence-electron chi connectivity index (χ4n) is 1.44. The Balaban J connectivity index is 2.30. The zero-order chi connectivity index (χ0) is 13.4. The summed E-state index contributed by atoms with van der Waals surface area (Å²) in [5.74, 6) is 0.774. The molecule has 0 unspecified atom stereocenters. The minimum atomic E-state index is -3.38. The second kappa shape index (κ2) is 7.47. The van der Waals surface area contributed by atoms with Crippen molar-refractivity contribution >= 4 is 10.2 Å².